The molecule has 0 heterocycles. The van der Waals surface area contributed by atoms with Crippen LogP contribution in [0, 0.1) is 0 Å². The second kappa shape index (κ2) is 9.96. The number of methoxy groups -OCH3 is 2. The van der Waals surface area contributed by atoms with Crippen molar-refractivity contribution in [3.8, 4) is 11.5 Å². The Balaban J connectivity index is 2.61. The van der Waals surface area contributed by atoms with Gasteiger partial charge < -0.3 is 19.3 Å². The van der Waals surface area contributed by atoms with Gasteiger partial charge in [-0.1, -0.05) is 12.1 Å². The van der Waals surface area contributed by atoms with Crippen LogP contribution >= 0.6 is 0 Å². The lowest BCUT2D eigenvalue weighted by molar-refractivity contribution is 0.0773. The number of aliphatic imine (C=N–C) groups is 1. The Labute approximate surface area is 173 Å². The predicted molar refractivity (Wildman–Crippen MR) is 119 cm³/mol. The van der Waals surface area contributed by atoms with E-state index in [4.69, 9.17) is 14.5 Å². The van der Waals surface area contributed by atoms with Gasteiger partial charge in [0.1, 0.15) is 0 Å². The van der Waals surface area contributed by atoms with E-state index in [0.717, 1.165) is 17.0 Å². The summed E-state index contributed by atoms with van der Waals surface area (Å²) >= 11 is 0. The van der Waals surface area contributed by atoms with Gasteiger partial charge in [0.2, 0.25) is 0 Å². The van der Waals surface area contributed by atoms with Crippen LogP contribution in [0.1, 0.15) is 36.7 Å². The monoisotopic (exact) mass is 397 g/mol. The predicted octanol–water partition coefficient (Wildman–Crippen LogP) is 4.39. The van der Waals surface area contributed by atoms with Crippen LogP contribution in [-0.4, -0.2) is 57.9 Å². The minimum atomic E-state index is -0.0791. The van der Waals surface area contributed by atoms with E-state index in [2.05, 4.69) is 6.07 Å². The number of ether oxygens (including phenoxy) is 2. The SMILES string of the molecule is CCN(CC)C(=O)c1cc(OC)c(OC)cc1N=C(C)c1cccc(N(C)C)c1. The minimum Gasteiger partial charge on any atom is -0.493 e. The van der Waals surface area contributed by atoms with Gasteiger partial charge >= 0.3 is 0 Å². The van der Waals surface area contributed by atoms with Gasteiger partial charge in [-0.05, 0) is 44.5 Å². The van der Waals surface area contributed by atoms with Crippen molar-refractivity contribution in [3.05, 3.63) is 47.5 Å². The summed E-state index contributed by atoms with van der Waals surface area (Å²) < 4.78 is 10.8. The van der Waals surface area contributed by atoms with Gasteiger partial charge in [0.15, 0.2) is 11.5 Å². The third kappa shape index (κ3) is 5.08. The molecule has 2 aromatic carbocycles. The molecule has 0 saturated heterocycles. The molecule has 1 amide bonds. The molecule has 0 bridgehead atoms. The molecule has 0 atom stereocenters. The second-order valence-corrected chi connectivity index (χ2v) is 6.84. The maximum atomic E-state index is 13.1. The molecule has 0 radical (unpaired) electrons. The third-order valence-electron chi connectivity index (χ3n) is 4.85. The summed E-state index contributed by atoms with van der Waals surface area (Å²) in [6.45, 7) is 7.11. The summed E-state index contributed by atoms with van der Waals surface area (Å²) in [6, 6.07) is 11.6. The summed E-state index contributed by atoms with van der Waals surface area (Å²) in [4.78, 5) is 21.7. The normalized spacial score (nSPS) is 11.2. The van der Waals surface area contributed by atoms with E-state index in [1.165, 1.54) is 0 Å². The van der Waals surface area contributed by atoms with Crippen molar-refractivity contribution in [2.24, 2.45) is 4.99 Å². The van der Waals surface area contributed by atoms with E-state index in [1.54, 1.807) is 31.3 Å². The fourth-order valence-corrected chi connectivity index (χ4v) is 3.07. The molecule has 0 spiro atoms. The number of carbonyl (C=O) groups is 1. The first-order chi connectivity index (χ1) is 13.9. The average Bonchev–Trinajstić information content (AvgIpc) is 2.74. The Morgan fingerprint density at radius 3 is 2.17 bits per heavy atom. The zero-order chi connectivity index (χ0) is 21.6. The highest BCUT2D eigenvalue weighted by molar-refractivity contribution is 6.05. The molecular formula is C23H31N3O3. The van der Waals surface area contributed by atoms with E-state index in [0.29, 0.717) is 35.8 Å². The summed E-state index contributed by atoms with van der Waals surface area (Å²) in [6.07, 6.45) is 0. The van der Waals surface area contributed by atoms with Crippen LogP contribution in [-0.2, 0) is 0 Å². The van der Waals surface area contributed by atoms with Gasteiger partial charge in [-0.2, -0.15) is 0 Å². The van der Waals surface area contributed by atoms with Crippen molar-refractivity contribution < 1.29 is 14.3 Å². The maximum Gasteiger partial charge on any atom is 0.256 e. The summed E-state index contributed by atoms with van der Waals surface area (Å²) in [5, 5.41) is 0. The van der Waals surface area contributed by atoms with Crippen molar-refractivity contribution in [1.82, 2.24) is 4.90 Å². The fourth-order valence-electron chi connectivity index (χ4n) is 3.07. The Kier molecular flexibility index (Phi) is 7.65. The summed E-state index contributed by atoms with van der Waals surface area (Å²) in [7, 11) is 7.14. The van der Waals surface area contributed by atoms with Crippen LogP contribution in [0.15, 0.2) is 41.4 Å². The third-order valence-corrected chi connectivity index (χ3v) is 4.85. The van der Waals surface area contributed by atoms with Crippen molar-refractivity contribution in [3.63, 3.8) is 0 Å². The Bertz CT molecular complexity index is 887. The smallest absolute Gasteiger partial charge is 0.256 e. The van der Waals surface area contributed by atoms with Gasteiger partial charge in [-0.25, -0.2) is 0 Å². The molecule has 0 aliphatic carbocycles. The molecule has 0 aliphatic heterocycles. The Hall–Kier alpha value is -3.02. The second-order valence-electron chi connectivity index (χ2n) is 6.84. The van der Waals surface area contributed by atoms with Crippen LogP contribution in [0.5, 0.6) is 11.5 Å². The van der Waals surface area contributed by atoms with Crippen molar-refractivity contribution in [2.75, 3.05) is 46.3 Å². The highest BCUT2D eigenvalue weighted by Crippen LogP contribution is 2.36. The zero-order valence-electron chi connectivity index (χ0n) is 18.4. The standard InChI is InChI=1S/C23H31N3O3/c1-8-26(9-2)23(27)19-14-21(28-6)22(29-7)15-20(19)24-16(3)17-11-10-12-18(13-17)25(4)5/h10-15H,8-9H2,1-7H3. The molecular weight excluding hydrogens is 366 g/mol. The molecule has 6 nitrogen and oxygen atoms in total. The fraction of sp³-hybridized carbons (Fsp3) is 0.391. The molecule has 0 fully saturated rings. The quantitative estimate of drug-likeness (QED) is 0.620. The number of anilines is 1. The highest BCUT2D eigenvalue weighted by Gasteiger charge is 2.20. The van der Waals surface area contributed by atoms with E-state index in [9.17, 15) is 4.79 Å². The van der Waals surface area contributed by atoms with Gasteiger partial charge in [0, 0.05) is 44.7 Å². The summed E-state index contributed by atoms with van der Waals surface area (Å²) in [5.74, 6) is 0.968. The van der Waals surface area contributed by atoms with Crippen LogP contribution in [0.2, 0.25) is 0 Å². The number of nitrogens with zero attached hydrogens (tertiary/aromatic N) is 3. The molecule has 156 valence electrons. The molecule has 0 aromatic heterocycles. The lowest BCUT2D eigenvalue weighted by Gasteiger charge is -2.21. The number of rotatable bonds is 8. The summed E-state index contributed by atoms with van der Waals surface area (Å²) in [5.41, 5.74) is 3.95. The van der Waals surface area contributed by atoms with Crippen LogP contribution in [0.25, 0.3) is 0 Å². The van der Waals surface area contributed by atoms with E-state index in [-0.39, 0.29) is 5.91 Å². The highest BCUT2D eigenvalue weighted by atomic mass is 16.5. The van der Waals surface area contributed by atoms with Crippen LogP contribution < -0.4 is 14.4 Å². The molecule has 0 aliphatic rings. The number of benzene rings is 2. The number of amides is 1. The molecule has 6 heteroatoms. The number of hydrogen-bond acceptors (Lipinski definition) is 5. The topological polar surface area (TPSA) is 54.4 Å². The Morgan fingerprint density at radius 2 is 1.62 bits per heavy atom. The van der Waals surface area contributed by atoms with E-state index in [1.807, 2.05) is 58.0 Å². The molecule has 29 heavy (non-hydrogen) atoms. The molecule has 2 rings (SSSR count). The first-order valence-corrected chi connectivity index (χ1v) is 9.74. The molecule has 2 aromatic rings. The Morgan fingerprint density at radius 1 is 1.00 bits per heavy atom. The molecule has 0 N–H and O–H groups in total. The number of carbonyl (C=O) groups excluding carboxylic acids is 1. The lowest BCUT2D eigenvalue weighted by Crippen LogP contribution is -2.30. The largest absolute Gasteiger partial charge is 0.493 e. The first kappa shape index (κ1) is 22.3. The molecule has 0 saturated carbocycles. The van der Waals surface area contributed by atoms with Gasteiger partial charge in [0.05, 0.1) is 25.5 Å². The maximum absolute atomic E-state index is 13.1. The minimum absolute atomic E-state index is 0.0791. The first-order valence-electron chi connectivity index (χ1n) is 9.74. The van der Waals surface area contributed by atoms with Crippen LogP contribution in [0.3, 0.4) is 0 Å². The average molecular weight is 398 g/mol. The van der Waals surface area contributed by atoms with Crippen LogP contribution in [0.4, 0.5) is 11.4 Å². The van der Waals surface area contributed by atoms with Crippen molar-refractivity contribution in [2.45, 2.75) is 20.8 Å². The number of hydrogen-bond donors (Lipinski definition) is 0. The van der Waals surface area contributed by atoms with E-state index < -0.39 is 0 Å². The van der Waals surface area contributed by atoms with Crippen molar-refractivity contribution in [1.29, 1.82) is 0 Å². The van der Waals surface area contributed by atoms with Gasteiger partial charge in [-0.3, -0.25) is 9.79 Å². The van der Waals surface area contributed by atoms with Crippen molar-refractivity contribution >= 4 is 23.0 Å². The zero-order valence-corrected chi connectivity index (χ0v) is 18.4. The van der Waals surface area contributed by atoms with Gasteiger partial charge in [0.25, 0.3) is 5.91 Å². The molecule has 0 unspecified atom stereocenters. The lowest BCUT2D eigenvalue weighted by atomic mass is 10.1. The van der Waals surface area contributed by atoms with E-state index >= 15 is 0 Å². The van der Waals surface area contributed by atoms with Gasteiger partial charge in [-0.15, -0.1) is 0 Å².